The van der Waals surface area contributed by atoms with Crippen LogP contribution >= 0.6 is 0 Å². The first kappa shape index (κ1) is 8.10. The second kappa shape index (κ2) is 4.03. The lowest BCUT2D eigenvalue weighted by Gasteiger charge is -2.02. The van der Waals surface area contributed by atoms with Crippen LogP contribution in [0.3, 0.4) is 0 Å². The van der Waals surface area contributed by atoms with Gasteiger partial charge in [0.25, 0.3) is 0 Å². The summed E-state index contributed by atoms with van der Waals surface area (Å²) in [4.78, 5) is 15.2. The summed E-state index contributed by atoms with van der Waals surface area (Å²) in [7, 11) is 3.19. The Morgan fingerprint density at radius 3 is 2.67 bits per heavy atom. The van der Waals surface area contributed by atoms with Crippen LogP contribution in [-0.4, -0.2) is 43.0 Å². The first-order valence-corrected chi connectivity index (χ1v) is 2.53. The van der Waals surface area contributed by atoms with E-state index in [2.05, 4.69) is 4.99 Å². The van der Waals surface area contributed by atoms with Crippen LogP contribution in [0.4, 0.5) is 4.79 Å². The van der Waals surface area contributed by atoms with E-state index < -0.39 is 0 Å². The zero-order valence-corrected chi connectivity index (χ0v) is 5.53. The molecule has 0 aliphatic carbocycles. The van der Waals surface area contributed by atoms with E-state index in [4.69, 9.17) is 5.11 Å². The second-order valence-corrected chi connectivity index (χ2v) is 1.67. The molecule has 0 atom stereocenters. The van der Waals surface area contributed by atoms with Crippen LogP contribution < -0.4 is 0 Å². The minimum atomic E-state index is -0.357. The van der Waals surface area contributed by atoms with Gasteiger partial charge in [-0.2, -0.15) is 0 Å². The number of carbonyl (C=O) groups excluding carboxylic acids is 1. The van der Waals surface area contributed by atoms with Gasteiger partial charge in [-0.15, -0.1) is 0 Å². The Hall–Kier alpha value is -0.900. The third kappa shape index (κ3) is 3.66. The summed E-state index contributed by atoms with van der Waals surface area (Å²) >= 11 is 0. The lowest BCUT2D eigenvalue weighted by molar-refractivity contribution is 0.227. The maximum atomic E-state index is 10.5. The van der Waals surface area contributed by atoms with E-state index in [1.165, 1.54) is 4.90 Å². The molecule has 0 aliphatic heterocycles. The molecule has 0 radical (unpaired) electrons. The first-order valence-electron chi connectivity index (χ1n) is 2.53. The maximum absolute atomic E-state index is 10.5. The summed E-state index contributed by atoms with van der Waals surface area (Å²) in [6, 6.07) is -0.357. The van der Waals surface area contributed by atoms with Crippen molar-refractivity contribution in [1.82, 2.24) is 4.90 Å². The second-order valence-electron chi connectivity index (χ2n) is 1.67. The van der Waals surface area contributed by atoms with E-state index in [1.807, 2.05) is 0 Å². The van der Waals surface area contributed by atoms with Gasteiger partial charge in [0.05, 0.1) is 6.61 Å². The van der Waals surface area contributed by atoms with Crippen LogP contribution in [0.15, 0.2) is 4.99 Å². The van der Waals surface area contributed by atoms with Crippen LogP contribution in [-0.2, 0) is 0 Å². The van der Waals surface area contributed by atoms with Crippen molar-refractivity contribution < 1.29 is 9.90 Å². The Morgan fingerprint density at radius 1 is 1.78 bits per heavy atom. The lowest BCUT2D eigenvalue weighted by atomic mass is 10.7. The predicted octanol–water partition coefficient (Wildman–Crippen LogP) is -0.269. The summed E-state index contributed by atoms with van der Waals surface area (Å²) in [5.41, 5.74) is 0. The van der Waals surface area contributed by atoms with Gasteiger partial charge in [-0.1, -0.05) is 0 Å². The fourth-order valence-electron chi connectivity index (χ4n) is 0.234. The molecule has 0 aromatic carbocycles. The number of rotatable bonds is 1. The van der Waals surface area contributed by atoms with Crippen molar-refractivity contribution in [2.45, 2.75) is 0 Å². The Balaban J connectivity index is 3.63. The van der Waals surface area contributed by atoms with Gasteiger partial charge < -0.3 is 10.0 Å². The standard InChI is InChI=1S/C5H10N2O2/c1-7(2)5(9)6-3-4-8/h3,8H,4H2,1-2H3. The molecule has 0 aliphatic rings. The zero-order chi connectivity index (χ0) is 7.28. The summed E-state index contributed by atoms with van der Waals surface area (Å²) in [6.45, 7) is -0.195. The van der Waals surface area contributed by atoms with Crippen LogP contribution in [0.1, 0.15) is 0 Å². The molecular weight excluding hydrogens is 120 g/mol. The van der Waals surface area contributed by atoms with E-state index in [0.29, 0.717) is 0 Å². The maximum Gasteiger partial charge on any atom is 0.342 e. The number of aliphatic imine (C=N–C) groups is 1. The minimum absolute atomic E-state index is 0.195. The fourth-order valence-corrected chi connectivity index (χ4v) is 0.234. The number of nitrogens with zero attached hydrogens (tertiary/aromatic N) is 2. The molecule has 0 bridgehead atoms. The van der Waals surface area contributed by atoms with Crippen molar-refractivity contribution in [3.05, 3.63) is 0 Å². The average molecular weight is 130 g/mol. The van der Waals surface area contributed by atoms with Gasteiger partial charge in [-0.3, -0.25) is 0 Å². The summed E-state index contributed by atoms with van der Waals surface area (Å²) in [5.74, 6) is 0. The highest BCUT2D eigenvalue weighted by atomic mass is 16.3. The Bertz CT molecular complexity index is 120. The van der Waals surface area contributed by atoms with Gasteiger partial charge in [-0.25, -0.2) is 9.79 Å². The Morgan fingerprint density at radius 2 is 2.33 bits per heavy atom. The Labute approximate surface area is 53.8 Å². The van der Waals surface area contributed by atoms with Gasteiger partial charge in [0.15, 0.2) is 0 Å². The van der Waals surface area contributed by atoms with Crippen LogP contribution in [0.2, 0.25) is 0 Å². The zero-order valence-electron chi connectivity index (χ0n) is 5.53. The molecule has 0 spiro atoms. The van der Waals surface area contributed by atoms with Crippen molar-refractivity contribution in [2.24, 2.45) is 4.99 Å². The topological polar surface area (TPSA) is 52.9 Å². The van der Waals surface area contributed by atoms with Crippen LogP contribution in [0.25, 0.3) is 0 Å². The predicted molar refractivity (Wildman–Crippen MR) is 34.7 cm³/mol. The molecule has 0 fully saturated rings. The number of urea groups is 1. The molecule has 1 N–H and O–H groups in total. The van der Waals surface area contributed by atoms with E-state index in [-0.39, 0.29) is 12.6 Å². The minimum Gasteiger partial charge on any atom is -0.391 e. The van der Waals surface area contributed by atoms with Gasteiger partial charge in [0.2, 0.25) is 0 Å². The molecule has 0 aromatic rings. The van der Waals surface area contributed by atoms with E-state index in [1.54, 1.807) is 14.1 Å². The molecule has 0 rings (SSSR count). The van der Waals surface area contributed by atoms with E-state index in [9.17, 15) is 4.79 Å². The van der Waals surface area contributed by atoms with Crippen molar-refractivity contribution in [1.29, 1.82) is 0 Å². The molecule has 9 heavy (non-hydrogen) atoms. The molecule has 0 aromatic heterocycles. The molecule has 52 valence electrons. The lowest BCUT2D eigenvalue weighted by Crippen LogP contribution is -2.17. The number of aliphatic hydroxyl groups is 1. The average Bonchev–Trinajstić information content (AvgIpc) is 1.82. The molecule has 0 heterocycles. The number of carbonyl (C=O) groups is 1. The summed E-state index contributed by atoms with van der Waals surface area (Å²) < 4.78 is 0. The largest absolute Gasteiger partial charge is 0.391 e. The number of hydrogen-bond donors (Lipinski definition) is 1. The highest BCUT2D eigenvalue weighted by Crippen LogP contribution is 1.80. The fraction of sp³-hybridized carbons (Fsp3) is 0.600. The number of hydrogen-bond acceptors (Lipinski definition) is 2. The van der Waals surface area contributed by atoms with Gasteiger partial charge in [0.1, 0.15) is 0 Å². The molecular formula is C5H10N2O2. The van der Waals surface area contributed by atoms with Gasteiger partial charge in [0, 0.05) is 20.3 Å². The summed E-state index contributed by atoms with van der Waals surface area (Å²) in [5, 5.41) is 8.18. The van der Waals surface area contributed by atoms with Crippen molar-refractivity contribution >= 4 is 12.2 Å². The quantitative estimate of drug-likeness (QED) is 0.497. The highest BCUT2D eigenvalue weighted by Gasteiger charge is 1.95. The van der Waals surface area contributed by atoms with Gasteiger partial charge >= 0.3 is 6.03 Å². The third-order valence-corrected chi connectivity index (χ3v) is 0.666. The van der Waals surface area contributed by atoms with Crippen LogP contribution in [0.5, 0.6) is 0 Å². The van der Waals surface area contributed by atoms with Crippen molar-refractivity contribution in [2.75, 3.05) is 20.7 Å². The third-order valence-electron chi connectivity index (χ3n) is 0.666. The molecule has 4 nitrogen and oxygen atoms in total. The smallest absolute Gasteiger partial charge is 0.342 e. The number of amides is 2. The SMILES string of the molecule is CN(C)C(=O)N=CCO. The molecule has 0 unspecified atom stereocenters. The summed E-state index contributed by atoms with van der Waals surface area (Å²) in [6.07, 6.45) is 1.16. The molecule has 4 heteroatoms. The molecule has 2 amide bonds. The van der Waals surface area contributed by atoms with Crippen LogP contribution in [0, 0.1) is 0 Å². The van der Waals surface area contributed by atoms with E-state index in [0.717, 1.165) is 6.21 Å². The Kier molecular flexibility index (Phi) is 3.62. The van der Waals surface area contributed by atoms with Gasteiger partial charge in [-0.05, 0) is 0 Å². The van der Waals surface area contributed by atoms with E-state index >= 15 is 0 Å². The highest BCUT2D eigenvalue weighted by molar-refractivity contribution is 5.83. The van der Waals surface area contributed by atoms with Crippen molar-refractivity contribution in [3.63, 3.8) is 0 Å². The molecule has 0 saturated carbocycles. The first-order chi connectivity index (χ1) is 4.18. The normalized spacial score (nSPS) is 10.1. The monoisotopic (exact) mass is 130 g/mol. The van der Waals surface area contributed by atoms with Crippen molar-refractivity contribution in [3.8, 4) is 0 Å². The molecule has 0 saturated heterocycles. The number of aliphatic hydroxyl groups excluding tert-OH is 1.